The fourth-order valence-electron chi connectivity index (χ4n) is 2.90. The summed E-state index contributed by atoms with van der Waals surface area (Å²) in [5, 5.41) is 12.1. The van der Waals surface area contributed by atoms with Crippen LogP contribution in [0.2, 0.25) is 0 Å². The van der Waals surface area contributed by atoms with Gasteiger partial charge in [-0.2, -0.15) is 5.26 Å². The maximum atomic E-state index is 13.4. The van der Waals surface area contributed by atoms with Crippen LogP contribution in [0.25, 0.3) is 6.08 Å². The molecule has 3 aromatic carbocycles. The number of rotatable bonds is 7. The van der Waals surface area contributed by atoms with E-state index in [1.165, 1.54) is 49.6 Å². The fraction of sp³-hybridized carbons (Fsp3) is 0.0800. The van der Waals surface area contributed by atoms with Gasteiger partial charge in [-0.15, -0.1) is 0 Å². The maximum Gasteiger partial charge on any atom is 0.337 e. The Morgan fingerprint density at radius 2 is 1.76 bits per heavy atom. The monoisotopic (exact) mass is 586 g/mol. The van der Waals surface area contributed by atoms with Gasteiger partial charge in [0.05, 0.1) is 21.6 Å². The van der Waals surface area contributed by atoms with Crippen molar-refractivity contribution in [1.29, 1.82) is 5.26 Å². The summed E-state index contributed by atoms with van der Waals surface area (Å²) in [7, 11) is 1.28. The molecule has 0 saturated carbocycles. The Hall–Kier alpha value is -3.48. The van der Waals surface area contributed by atoms with Crippen molar-refractivity contribution in [2.45, 2.75) is 6.61 Å². The molecule has 0 bridgehead atoms. The van der Waals surface area contributed by atoms with Gasteiger partial charge in [-0.05, 0) is 97.6 Å². The van der Waals surface area contributed by atoms with E-state index in [0.717, 1.165) is 0 Å². The highest BCUT2D eigenvalue weighted by Gasteiger charge is 2.13. The van der Waals surface area contributed by atoms with E-state index in [1.807, 2.05) is 6.07 Å². The number of halogens is 3. The van der Waals surface area contributed by atoms with E-state index in [-0.39, 0.29) is 18.0 Å². The smallest absolute Gasteiger partial charge is 0.337 e. The van der Waals surface area contributed by atoms with Crippen molar-refractivity contribution < 1.29 is 23.5 Å². The molecule has 3 aromatic rings. The number of nitrogens with one attached hydrogen (secondary N) is 1. The van der Waals surface area contributed by atoms with Gasteiger partial charge in [-0.25, -0.2) is 9.18 Å². The number of amides is 1. The van der Waals surface area contributed by atoms with Gasteiger partial charge in [0.15, 0.2) is 0 Å². The SMILES string of the molecule is COC(=O)c1ccc(NC(=O)/C(C#N)=C/c2cc(Br)c(OCc3cccc(F)c3)c(Br)c2)cc1. The number of esters is 1. The van der Waals surface area contributed by atoms with E-state index in [1.54, 1.807) is 24.3 Å². The zero-order valence-corrected chi connectivity index (χ0v) is 20.9. The van der Waals surface area contributed by atoms with Gasteiger partial charge in [-0.3, -0.25) is 4.79 Å². The van der Waals surface area contributed by atoms with E-state index in [0.29, 0.717) is 37.1 Å². The third-order valence-electron chi connectivity index (χ3n) is 4.53. The highest BCUT2D eigenvalue weighted by Crippen LogP contribution is 2.36. The summed E-state index contributed by atoms with van der Waals surface area (Å²) >= 11 is 6.87. The number of anilines is 1. The molecular formula is C25H17Br2FN2O4. The van der Waals surface area contributed by atoms with Crippen molar-refractivity contribution >= 4 is 55.5 Å². The van der Waals surface area contributed by atoms with Crippen LogP contribution in [0.5, 0.6) is 5.75 Å². The summed E-state index contributed by atoms with van der Waals surface area (Å²) in [4.78, 5) is 24.1. The molecule has 1 N–H and O–H groups in total. The predicted octanol–water partition coefficient (Wildman–Crippen LogP) is 6.26. The van der Waals surface area contributed by atoms with Crippen molar-refractivity contribution in [3.8, 4) is 11.8 Å². The zero-order valence-electron chi connectivity index (χ0n) is 17.8. The van der Waals surface area contributed by atoms with E-state index >= 15 is 0 Å². The molecule has 0 aliphatic rings. The van der Waals surface area contributed by atoms with Gasteiger partial charge in [-0.1, -0.05) is 12.1 Å². The van der Waals surface area contributed by atoms with Gasteiger partial charge in [0, 0.05) is 5.69 Å². The highest BCUT2D eigenvalue weighted by atomic mass is 79.9. The van der Waals surface area contributed by atoms with Gasteiger partial charge in [0.1, 0.15) is 29.8 Å². The molecule has 0 aliphatic heterocycles. The van der Waals surface area contributed by atoms with Crippen molar-refractivity contribution in [2.24, 2.45) is 0 Å². The van der Waals surface area contributed by atoms with Gasteiger partial charge in [0.2, 0.25) is 0 Å². The van der Waals surface area contributed by atoms with Crippen LogP contribution in [0.15, 0.2) is 75.2 Å². The minimum absolute atomic E-state index is 0.121. The number of carbonyl (C=O) groups excluding carboxylic acids is 2. The van der Waals surface area contributed by atoms with Crippen molar-refractivity contribution in [2.75, 3.05) is 12.4 Å². The topological polar surface area (TPSA) is 88.4 Å². The number of carbonyl (C=O) groups is 2. The van der Waals surface area contributed by atoms with Crippen LogP contribution < -0.4 is 10.1 Å². The Labute approximate surface area is 212 Å². The Morgan fingerprint density at radius 1 is 1.09 bits per heavy atom. The molecule has 34 heavy (non-hydrogen) atoms. The van der Waals surface area contributed by atoms with E-state index < -0.39 is 11.9 Å². The second kappa shape index (κ2) is 11.6. The third-order valence-corrected chi connectivity index (χ3v) is 5.71. The van der Waals surface area contributed by atoms with Gasteiger partial charge >= 0.3 is 5.97 Å². The molecule has 6 nitrogen and oxygen atoms in total. The lowest BCUT2D eigenvalue weighted by molar-refractivity contribution is -0.112. The first-order valence-electron chi connectivity index (χ1n) is 9.78. The predicted molar refractivity (Wildman–Crippen MR) is 133 cm³/mol. The molecule has 0 aliphatic carbocycles. The number of methoxy groups -OCH3 is 1. The summed E-state index contributed by atoms with van der Waals surface area (Å²) < 4.78 is 25.0. The molecule has 0 atom stereocenters. The average molecular weight is 588 g/mol. The molecule has 0 spiro atoms. The minimum Gasteiger partial charge on any atom is -0.487 e. The zero-order chi connectivity index (χ0) is 24.7. The summed E-state index contributed by atoms with van der Waals surface area (Å²) in [6.45, 7) is 0.158. The number of nitriles is 1. The van der Waals surface area contributed by atoms with E-state index in [2.05, 4.69) is 41.9 Å². The number of hydrogen-bond acceptors (Lipinski definition) is 5. The third kappa shape index (κ3) is 6.53. The first-order valence-corrected chi connectivity index (χ1v) is 11.4. The van der Waals surface area contributed by atoms with Gasteiger partial charge in [0.25, 0.3) is 5.91 Å². The van der Waals surface area contributed by atoms with Crippen LogP contribution in [0.1, 0.15) is 21.5 Å². The number of ether oxygens (including phenoxy) is 2. The summed E-state index contributed by atoms with van der Waals surface area (Å²) in [5.74, 6) is -0.946. The molecule has 0 fully saturated rings. The highest BCUT2D eigenvalue weighted by molar-refractivity contribution is 9.11. The largest absolute Gasteiger partial charge is 0.487 e. The van der Waals surface area contributed by atoms with Crippen molar-refractivity contribution in [1.82, 2.24) is 0 Å². The first-order chi connectivity index (χ1) is 16.3. The lowest BCUT2D eigenvalue weighted by Crippen LogP contribution is -2.13. The standard InChI is InChI=1S/C25H17Br2FN2O4/c1-33-25(32)17-5-7-20(8-6-17)30-24(31)18(13-29)9-16-11-21(26)23(22(27)12-16)34-14-15-3-2-4-19(28)10-15/h2-12H,14H2,1H3,(H,30,31)/b18-9+. The molecule has 0 unspecified atom stereocenters. The Balaban J connectivity index is 1.74. The number of nitrogens with zero attached hydrogens (tertiary/aromatic N) is 1. The molecular weight excluding hydrogens is 571 g/mol. The Kier molecular flexibility index (Phi) is 8.57. The Morgan fingerprint density at radius 3 is 2.35 bits per heavy atom. The van der Waals surface area contributed by atoms with E-state index in [4.69, 9.17) is 4.74 Å². The summed E-state index contributed by atoms with van der Waals surface area (Å²) in [5.41, 5.74) is 1.88. The maximum absolute atomic E-state index is 13.4. The average Bonchev–Trinajstić information content (AvgIpc) is 2.82. The van der Waals surface area contributed by atoms with Crippen LogP contribution in [0, 0.1) is 17.1 Å². The molecule has 3 rings (SSSR count). The molecule has 0 heterocycles. The second-order valence-corrected chi connectivity index (χ2v) is 8.63. The van der Waals surface area contributed by atoms with Crippen LogP contribution in [-0.4, -0.2) is 19.0 Å². The van der Waals surface area contributed by atoms with Crippen LogP contribution >= 0.6 is 31.9 Å². The van der Waals surface area contributed by atoms with Gasteiger partial charge < -0.3 is 14.8 Å². The van der Waals surface area contributed by atoms with Crippen LogP contribution in [-0.2, 0) is 16.1 Å². The molecule has 0 saturated heterocycles. The molecule has 172 valence electrons. The lowest BCUT2D eigenvalue weighted by Gasteiger charge is -2.12. The summed E-state index contributed by atoms with van der Waals surface area (Å²) in [6, 6.07) is 17.5. The molecule has 0 aromatic heterocycles. The number of benzene rings is 3. The fourth-order valence-corrected chi connectivity index (χ4v) is 4.35. The lowest BCUT2D eigenvalue weighted by atomic mass is 10.1. The minimum atomic E-state index is -0.605. The first kappa shape index (κ1) is 25.1. The summed E-state index contributed by atoms with van der Waals surface area (Å²) in [6.07, 6.45) is 1.43. The quantitative estimate of drug-likeness (QED) is 0.200. The number of hydrogen-bond donors (Lipinski definition) is 1. The Bertz CT molecular complexity index is 1280. The second-order valence-electron chi connectivity index (χ2n) is 6.93. The van der Waals surface area contributed by atoms with Crippen LogP contribution in [0.4, 0.5) is 10.1 Å². The molecule has 0 radical (unpaired) electrons. The van der Waals surface area contributed by atoms with Crippen LogP contribution in [0.3, 0.4) is 0 Å². The molecule has 1 amide bonds. The normalized spacial score (nSPS) is 10.9. The van der Waals surface area contributed by atoms with Crippen molar-refractivity contribution in [3.05, 3.63) is 97.7 Å². The molecule has 9 heteroatoms. The van der Waals surface area contributed by atoms with E-state index in [9.17, 15) is 19.2 Å². The van der Waals surface area contributed by atoms with Crippen molar-refractivity contribution in [3.63, 3.8) is 0 Å².